The number of aromatic nitrogens is 2. The molecule has 136 valence electrons. The molecule has 1 saturated heterocycles. The highest BCUT2D eigenvalue weighted by Crippen LogP contribution is 2.20. The molecule has 2 heterocycles. The summed E-state index contributed by atoms with van der Waals surface area (Å²) in [5, 5.41) is 13.9. The summed E-state index contributed by atoms with van der Waals surface area (Å²) < 4.78 is 4.80. The van der Waals surface area contributed by atoms with E-state index in [9.17, 15) is 9.59 Å². The Balaban J connectivity index is 1.57. The molecule has 0 radical (unpaired) electrons. The molecule has 1 aliphatic rings. The van der Waals surface area contributed by atoms with Crippen LogP contribution in [0.2, 0.25) is 0 Å². The fourth-order valence-corrected chi connectivity index (χ4v) is 2.39. The first-order chi connectivity index (χ1) is 12.5. The molecule has 3 rings (SSSR count). The van der Waals surface area contributed by atoms with Gasteiger partial charge in [-0.2, -0.15) is 5.10 Å². The third kappa shape index (κ3) is 4.38. The van der Waals surface area contributed by atoms with Gasteiger partial charge in [-0.1, -0.05) is 0 Å². The van der Waals surface area contributed by atoms with E-state index < -0.39 is 6.09 Å². The van der Waals surface area contributed by atoms with Crippen molar-refractivity contribution in [3.63, 3.8) is 0 Å². The maximum atomic E-state index is 12.0. The minimum atomic E-state index is -0.458. The van der Waals surface area contributed by atoms with E-state index >= 15 is 0 Å². The van der Waals surface area contributed by atoms with Gasteiger partial charge in [0.25, 0.3) is 0 Å². The van der Waals surface area contributed by atoms with E-state index in [0.29, 0.717) is 24.7 Å². The first-order valence-electron chi connectivity index (χ1n) is 8.10. The predicted molar refractivity (Wildman–Crippen MR) is 97.6 cm³/mol. The van der Waals surface area contributed by atoms with Crippen LogP contribution in [-0.4, -0.2) is 60.9 Å². The van der Waals surface area contributed by atoms with Crippen molar-refractivity contribution in [1.82, 2.24) is 15.1 Å². The summed E-state index contributed by atoms with van der Waals surface area (Å²) in [4.78, 5) is 26.6. The lowest BCUT2D eigenvalue weighted by molar-refractivity contribution is -0.116. The molecule has 0 spiro atoms. The fourth-order valence-electron chi connectivity index (χ4n) is 2.39. The summed E-state index contributed by atoms with van der Waals surface area (Å²) >= 11 is 0. The molecule has 0 atom stereocenters. The van der Waals surface area contributed by atoms with Crippen LogP contribution < -0.4 is 15.5 Å². The zero-order valence-corrected chi connectivity index (χ0v) is 14.6. The maximum Gasteiger partial charge on any atom is 0.410 e. The summed E-state index contributed by atoms with van der Waals surface area (Å²) in [6.07, 6.45) is 1.22. The molecule has 0 aliphatic carbocycles. The number of carbonyl (C=O) groups excluding carboxylic acids is 2. The first kappa shape index (κ1) is 17.5. The van der Waals surface area contributed by atoms with E-state index in [-0.39, 0.29) is 12.5 Å². The van der Waals surface area contributed by atoms with Gasteiger partial charge in [-0.3, -0.25) is 9.69 Å². The van der Waals surface area contributed by atoms with Crippen molar-refractivity contribution in [3.05, 3.63) is 36.5 Å². The van der Waals surface area contributed by atoms with E-state index in [0.717, 1.165) is 11.4 Å². The second-order valence-corrected chi connectivity index (χ2v) is 5.98. The summed E-state index contributed by atoms with van der Waals surface area (Å²) in [6.45, 7) is 0.734. The van der Waals surface area contributed by atoms with Crippen LogP contribution in [0.4, 0.5) is 27.7 Å². The number of cyclic esters (lactones) is 1. The smallest absolute Gasteiger partial charge is 0.410 e. The molecule has 26 heavy (non-hydrogen) atoms. The topological polar surface area (TPSA) is 99.7 Å². The number of carbonyl (C=O) groups is 2. The van der Waals surface area contributed by atoms with Crippen molar-refractivity contribution in [1.29, 1.82) is 0 Å². The van der Waals surface area contributed by atoms with E-state index in [1.807, 2.05) is 37.2 Å². The molecule has 1 aliphatic heterocycles. The normalized spacial score (nSPS) is 13.3. The number of benzene rings is 1. The quantitative estimate of drug-likeness (QED) is 0.812. The monoisotopic (exact) mass is 356 g/mol. The zero-order chi connectivity index (χ0) is 18.5. The van der Waals surface area contributed by atoms with Gasteiger partial charge in [0.2, 0.25) is 5.91 Å². The van der Waals surface area contributed by atoms with Crippen LogP contribution in [0.5, 0.6) is 0 Å². The Morgan fingerprint density at radius 3 is 2.65 bits per heavy atom. The highest BCUT2D eigenvalue weighted by atomic mass is 16.6. The van der Waals surface area contributed by atoms with Crippen LogP contribution >= 0.6 is 0 Å². The highest BCUT2D eigenvalue weighted by molar-refractivity contribution is 5.94. The Morgan fingerprint density at radius 2 is 2.00 bits per heavy atom. The lowest BCUT2D eigenvalue weighted by Crippen LogP contribution is -2.33. The second kappa shape index (κ2) is 7.68. The molecule has 2 N–H and O–H groups in total. The van der Waals surface area contributed by atoms with Crippen molar-refractivity contribution in [2.45, 2.75) is 0 Å². The van der Waals surface area contributed by atoms with Crippen LogP contribution in [0.3, 0.4) is 0 Å². The average Bonchev–Trinajstić information content (AvgIpc) is 3.01. The number of ether oxygens (including phenoxy) is 1. The van der Waals surface area contributed by atoms with Crippen molar-refractivity contribution >= 4 is 34.9 Å². The van der Waals surface area contributed by atoms with Gasteiger partial charge in [0.05, 0.1) is 18.4 Å². The molecular formula is C17H20N6O3. The minimum absolute atomic E-state index is 0.0221. The van der Waals surface area contributed by atoms with Gasteiger partial charge in [0.1, 0.15) is 13.2 Å². The van der Waals surface area contributed by atoms with E-state index in [4.69, 9.17) is 4.74 Å². The van der Waals surface area contributed by atoms with Gasteiger partial charge < -0.3 is 20.3 Å². The summed E-state index contributed by atoms with van der Waals surface area (Å²) in [5.41, 5.74) is 2.39. The van der Waals surface area contributed by atoms with E-state index in [1.54, 1.807) is 18.3 Å². The Labute approximate surface area is 151 Å². The molecule has 0 saturated carbocycles. The standard InChI is InChI=1S/C17H20N6O3/c1-22(2)14-9-15(21-18-10-14)19-12-3-5-13(6-4-12)20-16(24)11-23-7-8-26-17(23)25/h3-6,9-10H,7-8,11H2,1-2H3,(H,19,21)(H,20,24). The molecule has 1 aromatic heterocycles. The summed E-state index contributed by atoms with van der Waals surface area (Å²) in [6, 6.07) is 9.07. The molecule has 0 bridgehead atoms. The zero-order valence-electron chi connectivity index (χ0n) is 14.6. The molecule has 1 aromatic carbocycles. The number of amides is 2. The first-order valence-corrected chi connectivity index (χ1v) is 8.10. The van der Waals surface area contributed by atoms with Crippen molar-refractivity contribution in [2.24, 2.45) is 0 Å². The number of rotatable bonds is 6. The van der Waals surface area contributed by atoms with Crippen LogP contribution in [0.1, 0.15) is 0 Å². The summed E-state index contributed by atoms with van der Waals surface area (Å²) in [5.74, 6) is 0.356. The maximum absolute atomic E-state index is 12.0. The van der Waals surface area contributed by atoms with E-state index in [2.05, 4.69) is 20.8 Å². The Hall–Kier alpha value is -3.36. The molecule has 2 aromatic rings. The molecule has 9 nitrogen and oxygen atoms in total. The Bertz CT molecular complexity index is 793. The number of nitrogens with one attached hydrogen (secondary N) is 2. The lowest BCUT2D eigenvalue weighted by Gasteiger charge is -2.14. The fraction of sp³-hybridized carbons (Fsp3) is 0.294. The SMILES string of the molecule is CN(C)c1cnnc(Nc2ccc(NC(=O)CN3CCOC3=O)cc2)c1. The minimum Gasteiger partial charge on any atom is -0.448 e. The van der Waals surface area contributed by atoms with Crippen molar-refractivity contribution < 1.29 is 14.3 Å². The second-order valence-electron chi connectivity index (χ2n) is 5.98. The molecule has 0 unspecified atom stereocenters. The van der Waals surface area contributed by atoms with Gasteiger partial charge >= 0.3 is 6.09 Å². The van der Waals surface area contributed by atoms with Gasteiger partial charge in [0.15, 0.2) is 5.82 Å². The number of hydrogen-bond acceptors (Lipinski definition) is 7. The summed E-state index contributed by atoms with van der Waals surface area (Å²) in [7, 11) is 3.86. The van der Waals surface area contributed by atoms with Gasteiger partial charge in [-0.25, -0.2) is 4.79 Å². The number of hydrogen-bond donors (Lipinski definition) is 2. The van der Waals surface area contributed by atoms with Gasteiger partial charge in [-0.15, -0.1) is 5.10 Å². The third-order valence-corrected chi connectivity index (χ3v) is 3.78. The Morgan fingerprint density at radius 1 is 1.27 bits per heavy atom. The van der Waals surface area contributed by atoms with Gasteiger partial charge in [0, 0.05) is 31.5 Å². The number of nitrogens with zero attached hydrogens (tertiary/aromatic N) is 4. The lowest BCUT2D eigenvalue weighted by atomic mass is 10.2. The Kier molecular flexibility index (Phi) is 5.16. The predicted octanol–water partition coefficient (Wildman–Crippen LogP) is 1.68. The highest BCUT2D eigenvalue weighted by Gasteiger charge is 2.23. The van der Waals surface area contributed by atoms with E-state index in [1.165, 1.54) is 4.90 Å². The van der Waals surface area contributed by atoms with Crippen LogP contribution in [0.25, 0.3) is 0 Å². The van der Waals surface area contributed by atoms with Crippen molar-refractivity contribution in [2.75, 3.05) is 49.3 Å². The molecule has 9 heteroatoms. The average molecular weight is 356 g/mol. The van der Waals surface area contributed by atoms with Crippen LogP contribution in [0, 0.1) is 0 Å². The largest absolute Gasteiger partial charge is 0.448 e. The molecular weight excluding hydrogens is 336 g/mol. The number of anilines is 4. The van der Waals surface area contributed by atoms with Crippen LogP contribution in [0.15, 0.2) is 36.5 Å². The van der Waals surface area contributed by atoms with Gasteiger partial charge in [-0.05, 0) is 24.3 Å². The molecule has 2 amide bonds. The molecule has 1 fully saturated rings. The third-order valence-electron chi connectivity index (χ3n) is 3.78. The van der Waals surface area contributed by atoms with Crippen molar-refractivity contribution in [3.8, 4) is 0 Å². The van der Waals surface area contributed by atoms with Crippen LogP contribution in [-0.2, 0) is 9.53 Å².